The molecule has 0 saturated heterocycles. The van der Waals surface area contributed by atoms with Crippen molar-refractivity contribution in [2.24, 2.45) is 0 Å². The molecule has 6 aromatic rings. The van der Waals surface area contributed by atoms with Crippen LogP contribution in [0.1, 0.15) is 19.4 Å². The van der Waals surface area contributed by atoms with E-state index in [0.29, 0.717) is 20.5 Å². The summed E-state index contributed by atoms with van der Waals surface area (Å²) < 4.78 is 14.1. The summed E-state index contributed by atoms with van der Waals surface area (Å²) in [5.74, 6) is -0.397. The SMILES string of the molecule is CC(=O)/C(Sc1ccccc1)=c1/[nH]c(-c2ccccc2C)c2/c(=C(\C(C)=O)S(=O)c3ccccc3)[nH]c(-c3ccccc3)c12. The highest BCUT2D eigenvalue weighted by molar-refractivity contribution is 8.09. The molecule has 2 N–H and O–H groups in total. The number of fused-ring (bicyclic) bond motifs is 1. The minimum absolute atomic E-state index is 0.0938. The van der Waals surface area contributed by atoms with Gasteiger partial charge >= 0.3 is 0 Å². The Morgan fingerprint density at radius 1 is 0.636 bits per heavy atom. The molecule has 0 saturated carbocycles. The second-order valence-corrected chi connectivity index (χ2v) is 12.9. The van der Waals surface area contributed by atoms with Gasteiger partial charge in [-0.3, -0.25) is 9.59 Å². The highest BCUT2D eigenvalue weighted by Crippen LogP contribution is 2.35. The number of H-pyrrole nitrogens is 2. The van der Waals surface area contributed by atoms with Crippen molar-refractivity contribution in [3.8, 4) is 22.5 Å². The predicted molar refractivity (Wildman–Crippen MR) is 181 cm³/mol. The van der Waals surface area contributed by atoms with Crippen LogP contribution in [0.25, 0.3) is 43.1 Å². The van der Waals surface area contributed by atoms with Gasteiger partial charge in [0.1, 0.15) is 4.91 Å². The van der Waals surface area contributed by atoms with Crippen molar-refractivity contribution in [1.29, 1.82) is 0 Å². The molecule has 218 valence electrons. The third-order valence-corrected chi connectivity index (χ3v) is 10.2. The van der Waals surface area contributed by atoms with Crippen molar-refractivity contribution in [3.05, 3.63) is 132 Å². The standard InChI is InChI=1S/C37H30N2O3S2/c1-23-15-13-14-22-29(23)33-31-30(34(39-33)36(24(2)40)43-27-18-9-5-10-19-27)32(26-16-7-4-8-17-26)38-35(31)37(25(3)41)44(42)28-20-11-6-12-21-28/h4-22,38-39H,1-3H3/b36-34-,37-35-. The number of thioether (sulfide) groups is 1. The van der Waals surface area contributed by atoms with Gasteiger partial charge in [0, 0.05) is 26.1 Å². The number of aromatic amines is 2. The monoisotopic (exact) mass is 614 g/mol. The zero-order valence-corrected chi connectivity index (χ0v) is 26.1. The van der Waals surface area contributed by atoms with E-state index in [1.54, 1.807) is 19.1 Å². The lowest BCUT2D eigenvalue weighted by atomic mass is 10.0. The number of carbonyl (C=O) groups excluding carboxylic acids is 2. The third-order valence-electron chi connectivity index (χ3n) is 7.43. The molecule has 0 aliphatic rings. The maximum atomic E-state index is 14.1. The van der Waals surface area contributed by atoms with Gasteiger partial charge in [-0.25, -0.2) is 4.21 Å². The summed E-state index contributed by atoms with van der Waals surface area (Å²) in [7, 11) is -1.77. The Balaban J connectivity index is 1.86. The number of carbonyl (C=O) groups is 2. The van der Waals surface area contributed by atoms with Gasteiger partial charge in [-0.05, 0) is 56.2 Å². The van der Waals surface area contributed by atoms with Crippen LogP contribution in [0.15, 0.2) is 125 Å². The molecule has 2 aromatic heterocycles. The quantitative estimate of drug-likeness (QED) is 0.179. The van der Waals surface area contributed by atoms with Crippen LogP contribution in [0, 0.1) is 6.92 Å². The van der Waals surface area contributed by atoms with E-state index in [1.807, 2.05) is 110 Å². The molecule has 0 spiro atoms. The number of hydrogen-bond acceptors (Lipinski definition) is 4. The minimum atomic E-state index is -1.77. The Morgan fingerprint density at radius 3 is 1.80 bits per heavy atom. The first-order valence-electron chi connectivity index (χ1n) is 14.2. The predicted octanol–water partition coefficient (Wildman–Crippen LogP) is 7.13. The van der Waals surface area contributed by atoms with E-state index in [0.717, 1.165) is 43.7 Å². The summed E-state index contributed by atoms with van der Waals surface area (Å²) >= 11 is 1.40. The van der Waals surface area contributed by atoms with Crippen molar-refractivity contribution in [2.75, 3.05) is 0 Å². The van der Waals surface area contributed by atoms with Crippen molar-refractivity contribution in [3.63, 3.8) is 0 Å². The number of aryl methyl sites for hydroxylation is 1. The fourth-order valence-electron chi connectivity index (χ4n) is 5.43. The first kappa shape index (κ1) is 29.4. The summed E-state index contributed by atoms with van der Waals surface area (Å²) in [5, 5.41) is 2.60. The average molecular weight is 615 g/mol. The van der Waals surface area contributed by atoms with Gasteiger partial charge in [0.15, 0.2) is 11.6 Å². The lowest BCUT2D eigenvalue weighted by molar-refractivity contribution is -0.112. The summed E-state index contributed by atoms with van der Waals surface area (Å²) in [5.41, 5.74) is 4.30. The van der Waals surface area contributed by atoms with Crippen LogP contribution in [0.3, 0.4) is 0 Å². The van der Waals surface area contributed by atoms with E-state index >= 15 is 0 Å². The van der Waals surface area contributed by atoms with Crippen LogP contribution in [0.5, 0.6) is 0 Å². The first-order chi connectivity index (χ1) is 21.3. The van der Waals surface area contributed by atoms with Crippen LogP contribution in [-0.4, -0.2) is 25.7 Å². The van der Waals surface area contributed by atoms with Crippen LogP contribution < -0.4 is 10.7 Å². The first-order valence-corrected chi connectivity index (χ1v) is 16.2. The number of Topliss-reactive ketones (excluding diaryl/α,β-unsaturated/α-hetero) is 2. The largest absolute Gasteiger partial charge is 0.353 e. The molecule has 44 heavy (non-hydrogen) atoms. The van der Waals surface area contributed by atoms with Gasteiger partial charge in [0.05, 0.1) is 37.8 Å². The highest BCUT2D eigenvalue weighted by atomic mass is 32.2. The highest BCUT2D eigenvalue weighted by Gasteiger charge is 2.26. The summed E-state index contributed by atoms with van der Waals surface area (Å²) in [6.45, 7) is 5.04. The van der Waals surface area contributed by atoms with E-state index in [4.69, 9.17) is 0 Å². The summed E-state index contributed by atoms with van der Waals surface area (Å²) in [6.07, 6.45) is 0. The number of hydrogen-bond donors (Lipinski definition) is 2. The summed E-state index contributed by atoms with van der Waals surface area (Å²) in [4.78, 5) is 36.2. The Bertz CT molecular complexity index is 2160. The van der Waals surface area contributed by atoms with Gasteiger partial charge < -0.3 is 9.97 Å². The van der Waals surface area contributed by atoms with E-state index in [2.05, 4.69) is 9.97 Å². The molecular formula is C37H30N2O3S2. The Morgan fingerprint density at radius 2 is 1.18 bits per heavy atom. The Hall–Kier alpha value is -4.72. The van der Waals surface area contributed by atoms with Crippen molar-refractivity contribution >= 4 is 54.7 Å². The van der Waals surface area contributed by atoms with Gasteiger partial charge in [-0.2, -0.15) is 0 Å². The second-order valence-electron chi connectivity index (χ2n) is 10.4. The fourth-order valence-corrected chi connectivity index (χ4v) is 7.60. The lowest BCUT2D eigenvalue weighted by Crippen LogP contribution is -2.18. The Labute approximate surface area is 262 Å². The van der Waals surface area contributed by atoms with Crippen LogP contribution in [0.4, 0.5) is 0 Å². The Kier molecular flexibility index (Phi) is 8.33. The van der Waals surface area contributed by atoms with Gasteiger partial charge in [0.25, 0.3) is 0 Å². The maximum Gasteiger partial charge on any atom is 0.171 e. The number of aromatic nitrogens is 2. The number of rotatable bonds is 8. The van der Waals surface area contributed by atoms with Crippen LogP contribution >= 0.6 is 11.8 Å². The maximum absolute atomic E-state index is 14.1. The topological polar surface area (TPSA) is 82.8 Å². The van der Waals surface area contributed by atoms with Gasteiger partial charge in [-0.1, -0.05) is 103 Å². The molecule has 0 fully saturated rings. The molecule has 6 rings (SSSR count). The molecule has 0 aliphatic heterocycles. The van der Waals surface area contributed by atoms with Crippen LogP contribution in [0.2, 0.25) is 0 Å². The lowest BCUT2D eigenvalue weighted by Gasteiger charge is -2.07. The molecule has 1 atom stereocenters. The minimum Gasteiger partial charge on any atom is -0.353 e. The zero-order chi connectivity index (χ0) is 30.8. The molecule has 0 aliphatic carbocycles. The van der Waals surface area contributed by atoms with Crippen molar-refractivity contribution in [1.82, 2.24) is 9.97 Å². The van der Waals surface area contributed by atoms with E-state index in [-0.39, 0.29) is 16.5 Å². The fraction of sp³-hybridized carbons (Fsp3) is 0.0811. The molecule has 0 bridgehead atoms. The second kappa shape index (κ2) is 12.5. The molecule has 5 nitrogen and oxygen atoms in total. The average Bonchev–Trinajstić information content (AvgIpc) is 3.60. The van der Waals surface area contributed by atoms with E-state index in [1.165, 1.54) is 18.7 Å². The zero-order valence-electron chi connectivity index (χ0n) is 24.5. The smallest absolute Gasteiger partial charge is 0.171 e. The van der Waals surface area contributed by atoms with Gasteiger partial charge in [0.2, 0.25) is 0 Å². The molecule has 0 radical (unpaired) electrons. The third kappa shape index (κ3) is 5.52. The van der Waals surface area contributed by atoms with Crippen molar-refractivity contribution < 1.29 is 13.8 Å². The summed E-state index contributed by atoms with van der Waals surface area (Å²) in [6, 6.07) is 36.6. The van der Waals surface area contributed by atoms with E-state index in [9.17, 15) is 13.8 Å². The number of ketones is 2. The number of benzene rings is 4. The van der Waals surface area contributed by atoms with Gasteiger partial charge in [-0.15, -0.1) is 0 Å². The number of nitrogens with one attached hydrogen (secondary N) is 2. The molecule has 1 unspecified atom stereocenters. The molecule has 0 amide bonds. The molecule has 4 aromatic carbocycles. The molecule has 2 heterocycles. The molecular weight excluding hydrogens is 585 g/mol. The van der Waals surface area contributed by atoms with Crippen molar-refractivity contribution in [2.45, 2.75) is 30.6 Å². The van der Waals surface area contributed by atoms with Crippen LogP contribution in [-0.2, 0) is 20.4 Å². The molecule has 7 heteroatoms. The normalized spacial score (nSPS) is 13.4. The van der Waals surface area contributed by atoms with E-state index < -0.39 is 10.8 Å².